The first-order valence-electron chi connectivity index (χ1n) is 18.5. The van der Waals surface area contributed by atoms with Crippen molar-refractivity contribution in [1.29, 1.82) is 0 Å². The summed E-state index contributed by atoms with van der Waals surface area (Å²) in [6.45, 7) is 4.64. The van der Waals surface area contributed by atoms with Gasteiger partial charge in [0.2, 0.25) is 0 Å². The Balaban J connectivity index is 1.00. The molecule has 4 saturated carbocycles. The molecule has 9 heteroatoms. The van der Waals surface area contributed by atoms with Gasteiger partial charge in [0, 0.05) is 42.3 Å². The number of rotatable bonds is 9. The van der Waals surface area contributed by atoms with Crippen molar-refractivity contribution >= 4 is 11.7 Å². The molecule has 9 rings (SSSR count). The number of amides is 2. The number of carbonyl (C=O) groups is 1. The fourth-order valence-corrected chi connectivity index (χ4v) is 10.1. The average Bonchev–Trinajstić information content (AvgIpc) is 3.11. The molecule has 266 valence electrons. The molecule has 50 heavy (non-hydrogen) atoms. The van der Waals surface area contributed by atoms with Crippen LogP contribution >= 0.6 is 0 Å². The van der Waals surface area contributed by atoms with Crippen LogP contribution in [0.2, 0.25) is 0 Å². The van der Waals surface area contributed by atoms with E-state index in [1.54, 1.807) is 14.2 Å². The molecule has 3 aromatic rings. The van der Waals surface area contributed by atoms with Crippen molar-refractivity contribution in [2.24, 2.45) is 23.7 Å². The zero-order chi connectivity index (χ0) is 34.4. The SMILES string of the molecule is COc1cc2c(cc1OC)CN(C[C@@H]1O[C@H](c3cccc(NC(=O)NC45CC6CC(CC(C6)C4)C5)c3)O[C@H](c3ccc(CO)cc3)[C@@H]1C)CC2. The zero-order valence-electron chi connectivity index (χ0n) is 29.5. The number of nitrogens with zero attached hydrogens (tertiary/aromatic N) is 1. The number of hydrogen-bond acceptors (Lipinski definition) is 7. The van der Waals surface area contributed by atoms with Gasteiger partial charge in [-0.2, -0.15) is 0 Å². The Morgan fingerprint density at radius 3 is 2.24 bits per heavy atom. The Morgan fingerprint density at radius 1 is 0.900 bits per heavy atom. The number of methoxy groups -OCH3 is 2. The molecule has 0 radical (unpaired) electrons. The third-order valence-electron chi connectivity index (χ3n) is 12.2. The molecule has 2 aliphatic heterocycles. The minimum absolute atomic E-state index is 0.000946. The highest BCUT2D eigenvalue weighted by molar-refractivity contribution is 5.90. The molecule has 3 N–H and O–H groups in total. The minimum atomic E-state index is -0.617. The third kappa shape index (κ3) is 6.73. The molecule has 4 aliphatic carbocycles. The van der Waals surface area contributed by atoms with Gasteiger partial charge in [-0.3, -0.25) is 4.90 Å². The van der Waals surface area contributed by atoms with Crippen molar-refractivity contribution in [3.05, 3.63) is 88.5 Å². The maximum absolute atomic E-state index is 13.4. The van der Waals surface area contributed by atoms with Gasteiger partial charge in [-0.1, -0.05) is 43.3 Å². The lowest BCUT2D eigenvalue weighted by Gasteiger charge is -2.56. The summed E-state index contributed by atoms with van der Waals surface area (Å²) in [5.41, 5.74) is 5.99. The van der Waals surface area contributed by atoms with Crippen LogP contribution in [0, 0.1) is 23.7 Å². The zero-order valence-corrected chi connectivity index (χ0v) is 29.5. The summed E-state index contributed by atoms with van der Waals surface area (Å²) in [5.74, 6) is 3.86. The number of anilines is 1. The van der Waals surface area contributed by atoms with Crippen molar-refractivity contribution < 1.29 is 28.8 Å². The van der Waals surface area contributed by atoms with E-state index in [1.165, 1.54) is 30.4 Å². The van der Waals surface area contributed by atoms with Gasteiger partial charge in [-0.05, 0) is 109 Å². The number of nitrogens with one attached hydrogen (secondary N) is 2. The molecule has 4 bridgehead atoms. The smallest absolute Gasteiger partial charge is 0.319 e. The molecule has 1 saturated heterocycles. The van der Waals surface area contributed by atoms with Crippen molar-refractivity contribution in [2.75, 3.05) is 32.6 Å². The van der Waals surface area contributed by atoms with Crippen LogP contribution in [0.5, 0.6) is 11.5 Å². The van der Waals surface area contributed by atoms with E-state index >= 15 is 0 Å². The summed E-state index contributed by atoms with van der Waals surface area (Å²) in [7, 11) is 3.35. The lowest BCUT2D eigenvalue weighted by Crippen LogP contribution is -2.60. The van der Waals surface area contributed by atoms with Crippen LogP contribution in [0.4, 0.5) is 10.5 Å². The molecule has 0 unspecified atom stereocenters. The first-order chi connectivity index (χ1) is 24.3. The monoisotopic (exact) mass is 681 g/mol. The van der Waals surface area contributed by atoms with Gasteiger partial charge in [0.15, 0.2) is 17.8 Å². The molecule has 2 amide bonds. The Morgan fingerprint density at radius 2 is 1.58 bits per heavy atom. The van der Waals surface area contributed by atoms with E-state index in [2.05, 4.69) is 46.7 Å². The second-order valence-corrected chi connectivity index (χ2v) is 15.7. The molecular formula is C41H51N3O6. The second-order valence-electron chi connectivity index (χ2n) is 15.7. The Hall–Kier alpha value is -3.63. The summed E-state index contributed by atoms with van der Waals surface area (Å²) < 4.78 is 24.8. The molecule has 2 heterocycles. The molecule has 0 aromatic heterocycles. The van der Waals surface area contributed by atoms with Crippen molar-refractivity contribution in [1.82, 2.24) is 10.2 Å². The van der Waals surface area contributed by atoms with Crippen molar-refractivity contribution in [3.8, 4) is 11.5 Å². The van der Waals surface area contributed by atoms with Crippen molar-refractivity contribution in [3.63, 3.8) is 0 Å². The highest BCUT2D eigenvalue weighted by Gasteiger charge is 2.51. The van der Waals surface area contributed by atoms with Crippen LogP contribution in [0.3, 0.4) is 0 Å². The molecule has 0 spiro atoms. The van der Waals surface area contributed by atoms with E-state index in [0.717, 1.165) is 96.9 Å². The number of urea groups is 1. The van der Waals surface area contributed by atoms with Gasteiger partial charge in [0.05, 0.1) is 33.0 Å². The van der Waals surface area contributed by atoms with Gasteiger partial charge in [0.1, 0.15) is 0 Å². The maximum Gasteiger partial charge on any atom is 0.319 e. The first-order valence-corrected chi connectivity index (χ1v) is 18.5. The maximum atomic E-state index is 13.4. The minimum Gasteiger partial charge on any atom is -0.493 e. The highest BCUT2D eigenvalue weighted by Crippen LogP contribution is 2.55. The largest absolute Gasteiger partial charge is 0.493 e. The van der Waals surface area contributed by atoms with E-state index in [9.17, 15) is 9.90 Å². The summed E-state index contributed by atoms with van der Waals surface area (Å²) in [6.07, 6.45) is 7.32. The van der Waals surface area contributed by atoms with Gasteiger partial charge in [0.25, 0.3) is 0 Å². The summed E-state index contributed by atoms with van der Waals surface area (Å²) in [5, 5.41) is 16.3. The highest BCUT2D eigenvalue weighted by atomic mass is 16.7. The van der Waals surface area contributed by atoms with E-state index in [1.807, 2.05) is 36.4 Å². The predicted octanol–water partition coefficient (Wildman–Crippen LogP) is 7.14. The number of hydrogen-bond donors (Lipinski definition) is 3. The predicted molar refractivity (Wildman–Crippen MR) is 191 cm³/mol. The standard InChI is InChI=1S/C41H51N3O6/c1-25-37(23-44-12-11-31-17-35(47-2)36(48-3)18-33(31)22-44)49-39(50-38(25)30-9-7-26(24-45)8-10-30)32-5-4-6-34(16-32)42-40(46)43-41-19-27-13-28(20-41)15-29(14-27)21-41/h4-10,16-18,25,27-29,37-39,45H,11-15,19-24H2,1-3H3,(H2,42,43,46)/t25-,27?,28?,29?,37+,38+,39+,41?/m1/s1. The van der Waals surface area contributed by atoms with Gasteiger partial charge >= 0.3 is 6.03 Å². The quantitative estimate of drug-likeness (QED) is 0.221. The molecule has 9 nitrogen and oxygen atoms in total. The number of aliphatic hydroxyl groups excluding tert-OH is 1. The molecule has 5 fully saturated rings. The van der Waals surface area contributed by atoms with Gasteiger partial charge in [-0.15, -0.1) is 0 Å². The molecule has 3 aromatic carbocycles. The van der Waals surface area contributed by atoms with Crippen LogP contribution in [-0.4, -0.2) is 55.0 Å². The Bertz CT molecular complexity index is 1660. The third-order valence-corrected chi connectivity index (χ3v) is 12.2. The van der Waals surface area contributed by atoms with Crippen LogP contribution in [0.1, 0.15) is 85.7 Å². The van der Waals surface area contributed by atoms with Crippen LogP contribution in [0.25, 0.3) is 0 Å². The Kier molecular flexibility index (Phi) is 9.27. The number of benzene rings is 3. The van der Waals surface area contributed by atoms with Gasteiger partial charge < -0.3 is 34.7 Å². The van der Waals surface area contributed by atoms with E-state index in [4.69, 9.17) is 18.9 Å². The lowest BCUT2D eigenvalue weighted by atomic mass is 9.53. The molecule has 4 atom stereocenters. The topological polar surface area (TPSA) is 102 Å². The fourth-order valence-electron chi connectivity index (χ4n) is 10.1. The summed E-state index contributed by atoms with van der Waals surface area (Å²) in [4.78, 5) is 15.9. The van der Waals surface area contributed by atoms with Crippen LogP contribution in [-0.2, 0) is 29.0 Å². The lowest BCUT2D eigenvalue weighted by molar-refractivity contribution is -0.276. The van der Waals surface area contributed by atoms with E-state index in [-0.39, 0.29) is 36.3 Å². The second kappa shape index (κ2) is 13.8. The first kappa shape index (κ1) is 33.5. The number of ether oxygens (including phenoxy) is 4. The number of fused-ring (bicyclic) bond motifs is 1. The van der Waals surface area contributed by atoms with E-state index in [0.29, 0.717) is 0 Å². The van der Waals surface area contributed by atoms with E-state index < -0.39 is 6.29 Å². The average molecular weight is 682 g/mol. The summed E-state index contributed by atoms with van der Waals surface area (Å²) >= 11 is 0. The molecule has 6 aliphatic rings. The fraction of sp³-hybridized carbons (Fsp3) is 0.537. The number of aliphatic hydroxyl groups is 1. The number of carbonyl (C=O) groups excluding carboxylic acids is 1. The van der Waals surface area contributed by atoms with Gasteiger partial charge in [-0.25, -0.2) is 4.79 Å². The normalized spacial score (nSPS) is 31.6. The molecular weight excluding hydrogens is 630 g/mol. The summed E-state index contributed by atoms with van der Waals surface area (Å²) in [6, 6.07) is 20.0. The van der Waals surface area contributed by atoms with Crippen LogP contribution < -0.4 is 20.1 Å². The van der Waals surface area contributed by atoms with Crippen LogP contribution in [0.15, 0.2) is 60.7 Å². The van der Waals surface area contributed by atoms with Crippen molar-refractivity contribution in [2.45, 2.75) is 89.1 Å². The Labute approximate surface area is 295 Å².